The van der Waals surface area contributed by atoms with E-state index in [1.165, 1.54) is 0 Å². The smallest absolute Gasteiger partial charge is 0.153 e. The fourth-order valence-corrected chi connectivity index (χ4v) is 3.82. The molecule has 2 fully saturated rings. The van der Waals surface area contributed by atoms with Gasteiger partial charge < -0.3 is 5.32 Å². The Kier molecular flexibility index (Phi) is 2.12. The van der Waals surface area contributed by atoms with E-state index < -0.39 is 9.84 Å². The van der Waals surface area contributed by atoms with Crippen molar-refractivity contribution in [1.82, 2.24) is 5.32 Å². The summed E-state index contributed by atoms with van der Waals surface area (Å²) in [5.41, 5.74) is 0. The Morgan fingerprint density at radius 2 is 2.00 bits per heavy atom. The quantitative estimate of drug-likeness (QED) is 0.688. The molecule has 1 heterocycles. The van der Waals surface area contributed by atoms with E-state index in [4.69, 9.17) is 0 Å². The molecule has 0 spiro atoms. The van der Waals surface area contributed by atoms with Crippen molar-refractivity contribution in [3.05, 3.63) is 0 Å². The summed E-state index contributed by atoms with van der Waals surface area (Å²) in [4.78, 5) is 0. The Bertz CT molecular complexity index is 250. The lowest BCUT2D eigenvalue weighted by Crippen LogP contribution is -2.21. The largest absolute Gasteiger partial charge is 0.316 e. The van der Waals surface area contributed by atoms with Crippen molar-refractivity contribution >= 4 is 9.84 Å². The molecule has 0 aromatic carbocycles. The second-order valence-electron chi connectivity index (χ2n) is 3.89. The van der Waals surface area contributed by atoms with Crippen LogP contribution in [-0.4, -0.2) is 32.5 Å². The fraction of sp³-hybridized carbons (Fsp3) is 1.00. The van der Waals surface area contributed by atoms with Crippen LogP contribution in [0.4, 0.5) is 0 Å². The van der Waals surface area contributed by atoms with Crippen molar-refractivity contribution in [3.8, 4) is 0 Å². The van der Waals surface area contributed by atoms with Gasteiger partial charge in [-0.15, -0.1) is 0 Å². The second kappa shape index (κ2) is 3.00. The normalized spacial score (nSPS) is 30.8. The number of nitrogens with one attached hydrogen (secondary N) is 1. The molecule has 2 rings (SSSR count). The highest BCUT2D eigenvalue weighted by atomic mass is 32.2. The minimum absolute atomic E-state index is 0.0260. The van der Waals surface area contributed by atoms with Crippen molar-refractivity contribution in [1.29, 1.82) is 0 Å². The molecular weight excluding hydrogens is 174 g/mol. The molecule has 2 aliphatic rings. The first-order valence-electron chi connectivity index (χ1n) is 4.61. The van der Waals surface area contributed by atoms with E-state index in [1.807, 2.05) is 0 Å². The summed E-state index contributed by atoms with van der Waals surface area (Å²) in [6.07, 6.45) is 2.84. The zero-order valence-electron chi connectivity index (χ0n) is 7.12. The molecule has 0 aromatic rings. The minimum atomic E-state index is -2.71. The highest BCUT2D eigenvalue weighted by Crippen LogP contribution is 2.30. The molecule has 4 heteroatoms. The monoisotopic (exact) mass is 189 g/mol. The predicted octanol–water partition coefficient (Wildman–Crippen LogP) is 0.173. The van der Waals surface area contributed by atoms with E-state index in [0.29, 0.717) is 11.7 Å². The summed E-state index contributed by atoms with van der Waals surface area (Å²) < 4.78 is 23.0. The zero-order valence-corrected chi connectivity index (χ0v) is 7.94. The van der Waals surface area contributed by atoms with Crippen LogP contribution < -0.4 is 5.32 Å². The third-order valence-corrected chi connectivity index (χ3v) is 5.09. The SMILES string of the molecule is O=S(=O)(CC1CCNC1)C1CC1. The van der Waals surface area contributed by atoms with E-state index in [-0.39, 0.29) is 5.25 Å². The van der Waals surface area contributed by atoms with Crippen LogP contribution in [0.3, 0.4) is 0 Å². The lowest BCUT2D eigenvalue weighted by atomic mass is 10.2. The van der Waals surface area contributed by atoms with Gasteiger partial charge in [0.25, 0.3) is 0 Å². The van der Waals surface area contributed by atoms with Crippen LogP contribution in [-0.2, 0) is 9.84 Å². The van der Waals surface area contributed by atoms with Crippen molar-refractivity contribution in [2.24, 2.45) is 5.92 Å². The van der Waals surface area contributed by atoms with E-state index in [0.717, 1.165) is 32.4 Å². The van der Waals surface area contributed by atoms with Gasteiger partial charge >= 0.3 is 0 Å². The first-order valence-corrected chi connectivity index (χ1v) is 6.32. The number of hydrogen-bond donors (Lipinski definition) is 1. The highest BCUT2D eigenvalue weighted by Gasteiger charge is 2.37. The van der Waals surface area contributed by atoms with Crippen LogP contribution in [0.5, 0.6) is 0 Å². The summed E-state index contributed by atoms with van der Waals surface area (Å²) in [6.45, 7) is 1.89. The molecule has 1 unspecified atom stereocenters. The van der Waals surface area contributed by atoms with Gasteiger partial charge in [0.15, 0.2) is 9.84 Å². The fourth-order valence-electron chi connectivity index (χ4n) is 1.75. The molecule has 1 saturated carbocycles. The molecule has 1 N–H and O–H groups in total. The average molecular weight is 189 g/mol. The maximum Gasteiger partial charge on any atom is 0.153 e. The third kappa shape index (κ3) is 1.80. The van der Waals surface area contributed by atoms with Gasteiger partial charge in [-0.3, -0.25) is 0 Å². The van der Waals surface area contributed by atoms with Gasteiger partial charge in [0.1, 0.15) is 0 Å². The first kappa shape index (κ1) is 8.51. The summed E-state index contributed by atoms with van der Waals surface area (Å²) >= 11 is 0. The van der Waals surface area contributed by atoms with Gasteiger partial charge in [0, 0.05) is 0 Å². The lowest BCUT2D eigenvalue weighted by molar-refractivity contribution is 0.569. The van der Waals surface area contributed by atoms with Gasteiger partial charge in [0.2, 0.25) is 0 Å². The number of hydrogen-bond acceptors (Lipinski definition) is 3. The maximum absolute atomic E-state index is 11.5. The Morgan fingerprint density at radius 3 is 2.50 bits per heavy atom. The van der Waals surface area contributed by atoms with Crippen LogP contribution in [0.2, 0.25) is 0 Å². The molecule has 1 atom stereocenters. The van der Waals surface area contributed by atoms with E-state index in [2.05, 4.69) is 5.32 Å². The lowest BCUT2D eigenvalue weighted by Gasteiger charge is -2.07. The molecule has 0 amide bonds. The van der Waals surface area contributed by atoms with Gasteiger partial charge in [-0.1, -0.05) is 0 Å². The predicted molar refractivity (Wildman–Crippen MR) is 47.8 cm³/mol. The zero-order chi connectivity index (χ0) is 8.60. The van der Waals surface area contributed by atoms with E-state index in [9.17, 15) is 8.42 Å². The Morgan fingerprint density at radius 1 is 1.25 bits per heavy atom. The highest BCUT2D eigenvalue weighted by molar-refractivity contribution is 7.92. The molecule has 1 saturated heterocycles. The van der Waals surface area contributed by atoms with Crippen molar-refractivity contribution in [2.45, 2.75) is 24.5 Å². The Hall–Kier alpha value is -0.0900. The van der Waals surface area contributed by atoms with Crippen LogP contribution in [0, 0.1) is 5.92 Å². The van der Waals surface area contributed by atoms with Crippen LogP contribution >= 0.6 is 0 Å². The van der Waals surface area contributed by atoms with Gasteiger partial charge in [-0.2, -0.15) is 0 Å². The molecule has 1 aliphatic heterocycles. The second-order valence-corrected chi connectivity index (χ2v) is 6.21. The first-order chi connectivity index (χ1) is 5.68. The van der Waals surface area contributed by atoms with Crippen LogP contribution in [0.1, 0.15) is 19.3 Å². The average Bonchev–Trinajstić information content (AvgIpc) is 2.74. The summed E-state index contributed by atoms with van der Waals surface area (Å²) in [5, 5.41) is 3.22. The topological polar surface area (TPSA) is 46.2 Å². The van der Waals surface area contributed by atoms with E-state index in [1.54, 1.807) is 0 Å². The summed E-state index contributed by atoms with van der Waals surface area (Å²) in [5.74, 6) is 0.806. The molecule has 12 heavy (non-hydrogen) atoms. The van der Waals surface area contributed by atoms with Crippen molar-refractivity contribution in [2.75, 3.05) is 18.8 Å². The van der Waals surface area contributed by atoms with Crippen LogP contribution in [0.25, 0.3) is 0 Å². The molecule has 0 aromatic heterocycles. The molecule has 0 radical (unpaired) electrons. The van der Waals surface area contributed by atoms with Gasteiger partial charge in [-0.05, 0) is 38.3 Å². The van der Waals surface area contributed by atoms with Gasteiger partial charge in [0.05, 0.1) is 11.0 Å². The third-order valence-electron chi connectivity index (χ3n) is 2.66. The van der Waals surface area contributed by atoms with E-state index >= 15 is 0 Å². The Balaban J connectivity index is 1.92. The standard InChI is InChI=1S/C8H15NO2S/c10-12(11,8-1-2-8)6-7-3-4-9-5-7/h7-9H,1-6H2. The minimum Gasteiger partial charge on any atom is -0.316 e. The summed E-state index contributed by atoms with van der Waals surface area (Å²) in [7, 11) is -2.71. The van der Waals surface area contributed by atoms with Gasteiger partial charge in [-0.25, -0.2) is 8.42 Å². The Labute approximate surface area is 73.5 Å². The number of sulfone groups is 1. The molecule has 70 valence electrons. The van der Waals surface area contributed by atoms with Crippen molar-refractivity contribution in [3.63, 3.8) is 0 Å². The molecule has 1 aliphatic carbocycles. The summed E-state index contributed by atoms with van der Waals surface area (Å²) in [6, 6.07) is 0. The molecular formula is C8H15NO2S. The maximum atomic E-state index is 11.5. The molecule has 3 nitrogen and oxygen atoms in total. The molecule has 0 bridgehead atoms. The number of rotatable bonds is 3. The van der Waals surface area contributed by atoms with Crippen molar-refractivity contribution < 1.29 is 8.42 Å². The van der Waals surface area contributed by atoms with Crippen LogP contribution in [0.15, 0.2) is 0 Å².